The molecule has 2 saturated heterocycles. The molecule has 3 heterocycles. The Morgan fingerprint density at radius 1 is 1.33 bits per heavy atom. The average molecular weight is 350 g/mol. The molecule has 2 fully saturated rings. The monoisotopic (exact) mass is 350 g/mol. The lowest BCUT2D eigenvalue weighted by molar-refractivity contribution is -0.142. The van der Waals surface area contributed by atoms with E-state index in [1.165, 1.54) is 11.3 Å². The number of thiazole rings is 1. The van der Waals surface area contributed by atoms with Crippen LogP contribution in [0.5, 0.6) is 0 Å². The normalized spacial score (nSPS) is 20.5. The van der Waals surface area contributed by atoms with Crippen LogP contribution in [0.3, 0.4) is 0 Å². The Morgan fingerprint density at radius 2 is 2.04 bits per heavy atom. The first-order valence-electron chi connectivity index (χ1n) is 8.16. The van der Waals surface area contributed by atoms with Crippen LogP contribution >= 0.6 is 11.3 Å². The molecular formula is C16H22N4O3S. The van der Waals surface area contributed by atoms with Crippen LogP contribution in [0.25, 0.3) is 0 Å². The van der Waals surface area contributed by atoms with Crippen LogP contribution in [0.4, 0.5) is 0 Å². The number of hydrogen-bond acceptors (Lipinski definition) is 5. The Kier molecular flexibility index (Phi) is 4.58. The van der Waals surface area contributed by atoms with E-state index in [9.17, 15) is 14.4 Å². The zero-order valence-electron chi connectivity index (χ0n) is 13.8. The first-order chi connectivity index (χ1) is 11.4. The van der Waals surface area contributed by atoms with E-state index in [2.05, 4.69) is 4.98 Å². The van der Waals surface area contributed by atoms with Gasteiger partial charge in [0.15, 0.2) is 0 Å². The topological polar surface area (TPSA) is 96.6 Å². The van der Waals surface area contributed by atoms with Crippen LogP contribution in [-0.4, -0.2) is 58.7 Å². The summed E-state index contributed by atoms with van der Waals surface area (Å²) in [7, 11) is 0. The molecule has 2 N–H and O–H groups in total. The summed E-state index contributed by atoms with van der Waals surface area (Å²) in [5, 5.41) is 2.69. The smallest absolute Gasteiger partial charge is 0.273 e. The molecule has 8 heteroatoms. The number of piperidine rings is 2. The van der Waals surface area contributed by atoms with Crippen molar-refractivity contribution in [1.82, 2.24) is 14.8 Å². The quantitative estimate of drug-likeness (QED) is 0.871. The van der Waals surface area contributed by atoms with Gasteiger partial charge in [0.05, 0.1) is 11.6 Å². The van der Waals surface area contributed by atoms with Gasteiger partial charge in [-0.05, 0) is 31.6 Å². The molecule has 130 valence electrons. The van der Waals surface area contributed by atoms with Gasteiger partial charge in [-0.15, -0.1) is 11.3 Å². The van der Waals surface area contributed by atoms with Gasteiger partial charge in [-0.1, -0.05) is 0 Å². The highest BCUT2D eigenvalue weighted by molar-refractivity contribution is 7.09. The standard InChI is InChI=1S/C16H22N4O3S/c1-11-18-12(9-24-11)15(23)19-6-4-16(5-7-19)3-2-14(22)20(10-16)8-13(17)21/h9H,2-8,10H2,1H3,(H2,17,21). The summed E-state index contributed by atoms with van der Waals surface area (Å²) < 4.78 is 0. The fraction of sp³-hybridized carbons (Fsp3) is 0.625. The summed E-state index contributed by atoms with van der Waals surface area (Å²) in [4.78, 5) is 43.3. The van der Waals surface area contributed by atoms with Gasteiger partial charge in [-0.2, -0.15) is 0 Å². The lowest BCUT2D eigenvalue weighted by Gasteiger charge is -2.47. The summed E-state index contributed by atoms with van der Waals surface area (Å²) in [5.41, 5.74) is 5.75. The molecular weight excluding hydrogens is 328 g/mol. The SMILES string of the molecule is Cc1nc(C(=O)N2CCC3(CCC(=O)N(CC(N)=O)C3)CC2)cs1. The maximum absolute atomic E-state index is 12.5. The summed E-state index contributed by atoms with van der Waals surface area (Å²) in [6.07, 6.45) is 2.94. The Bertz CT molecular complexity index is 664. The predicted molar refractivity (Wildman–Crippen MR) is 89.4 cm³/mol. The second-order valence-corrected chi connectivity index (χ2v) is 7.82. The van der Waals surface area contributed by atoms with E-state index in [1.54, 1.807) is 10.3 Å². The number of rotatable bonds is 3. The number of likely N-dealkylation sites (tertiary alicyclic amines) is 2. The minimum Gasteiger partial charge on any atom is -0.368 e. The first-order valence-corrected chi connectivity index (χ1v) is 9.04. The largest absolute Gasteiger partial charge is 0.368 e. The molecule has 2 aliphatic heterocycles. The third-order valence-corrected chi connectivity index (χ3v) is 5.82. The fourth-order valence-corrected chi connectivity index (χ4v) is 4.24. The van der Waals surface area contributed by atoms with Crippen LogP contribution in [0.15, 0.2) is 5.38 Å². The van der Waals surface area contributed by atoms with Gasteiger partial charge in [0, 0.05) is 31.4 Å². The highest BCUT2D eigenvalue weighted by Gasteiger charge is 2.42. The number of amides is 3. The summed E-state index contributed by atoms with van der Waals surface area (Å²) in [6.45, 7) is 3.76. The van der Waals surface area contributed by atoms with E-state index >= 15 is 0 Å². The number of hydrogen-bond donors (Lipinski definition) is 1. The zero-order chi connectivity index (χ0) is 17.3. The summed E-state index contributed by atoms with van der Waals surface area (Å²) in [6, 6.07) is 0. The lowest BCUT2D eigenvalue weighted by atomic mass is 9.72. The second kappa shape index (κ2) is 6.51. The second-order valence-electron chi connectivity index (χ2n) is 6.76. The average Bonchev–Trinajstić information content (AvgIpc) is 2.97. The highest BCUT2D eigenvalue weighted by atomic mass is 32.1. The molecule has 0 atom stereocenters. The van der Waals surface area contributed by atoms with Gasteiger partial charge in [-0.25, -0.2) is 4.98 Å². The van der Waals surface area contributed by atoms with E-state index < -0.39 is 5.91 Å². The van der Waals surface area contributed by atoms with Crippen LogP contribution < -0.4 is 5.73 Å². The predicted octanol–water partition coefficient (Wildman–Crippen LogP) is 0.782. The third kappa shape index (κ3) is 3.43. The Balaban J connectivity index is 1.62. The molecule has 0 unspecified atom stereocenters. The van der Waals surface area contributed by atoms with Crippen LogP contribution in [-0.2, 0) is 9.59 Å². The van der Waals surface area contributed by atoms with Gasteiger partial charge in [0.1, 0.15) is 5.69 Å². The number of aromatic nitrogens is 1. The minimum absolute atomic E-state index is 0.00185. The molecule has 1 aromatic rings. The van der Waals surface area contributed by atoms with Gasteiger partial charge in [0.2, 0.25) is 11.8 Å². The van der Waals surface area contributed by atoms with Gasteiger partial charge >= 0.3 is 0 Å². The Morgan fingerprint density at radius 3 is 2.62 bits per heavy atom. The maximum atomic E-state index is 12.5. The third-order valence-electron chi connectivity index (χ3n) is 5.04. The highest BCUT2D eigenvalue weighted by Crippen LogP contribution is 2.40. The molecule has 0 bridgehead atoms. The van der Waals surface area contributed by atoms with Gasteiger partial charge in [-0.3, -0.25) is 14.4 Å². The van der Waals surface area contributed by atoms with Crippen molar-refractivity contribution in [2.45, 2.75) is 32.6 Å². The van der Waals surface area contributed by atoms with Crippen molar-refractivity contribution in [3.8, 4) is 0 Å². The Hall–Kier alpha value is -1.96. The van der Waals surface area contributed by atoms with Gasteiger partial charge < -0.3 is 15.5 Å². The number of carbonyl (C=O) groups is 3. The summed E-state index contributed by atoms with van der Waals surface area (Å²) >= 11 is 1.48. The molecule has 3 amide bonds. The van der Waals surface area contributed by atoms with Crippen molar-refractivity contribution in [1.29, 1.82) is 0 Å². The van der Waals surface area contributed by atoms with Crippen molar-refractivity contribution in [3.63, 3.8) is 0 Å². The van der Waals surface area contributed by atoms with Crippen LogP contribution in [0, 0.1) is 12.3 Å². The number of primary amides is 1. The van der Waals surface area contributed by atoms with E-state index in [1.807, 2.05) is 11.8 Å². The van der Waals surface area contributed by atoms with E-state index in [-0.39, 0.29) is 23.8 Å². The molecule has 0 radical (unpaired) electrons. The zero-order valence-corrected chi connectivity index (χ0v) is 14.6. The van der Waals surface area contributed by atoms with Crippen molar-refractivity contribution in [2.24, 2.45) is 11.1 Å². The Labute approximate surface area is 144 Å². The molecule has 7 nitrogen and oxygen atoms in total. The molecule has 0 saturated carbocycles. The number of nitrogens with two attached hydrogens (primary N) is 1. The molecule has 1 spiro atoms. The molecule has 24 heavy (non-hydrogen) atoms. The first kappa shape index (κ1) is 16.9. The fourth-order valence-electron chi connectivity index (χ4n) is 3.65. The lowest BCUT2D eigenvalue weighted by Crippen LogP contribution is -2.53. The van der Waals surface area contributed by atoms with Crippen LogP contribution in [0.1, 0.15) is 41.2 Å². The van der Waals surface area contributed by atoms with Crippen LogP contribution in [0.2, 0.25) is 0 Å². The molecule has 0 aliphatic carbocycles. The number of aryl methyl sites for hydroxylation is 1. The molecule has 1 aromatic heterocycles. The van der Waals surface area contributed by atoms with Crippen molar-refractivity contribution in [3.05, 3.63) is 16.1 Å². The van der Waals surface area contributed by atoms with Crippen molar-refractivity contribution < 1.29 is 14.4 Å². The van der Waals surface area contributed by atoms with E-state index in [0.29, 0.717) is 31.7 Å². The summed E-state index contributed by atoms with van der Waals surface area (Å²) in [5.74, 6) is -0.502. The maximum Gasteiger partial charge on any atom is 0.273 e. The van der Waals surface area contributed by atoms with E-state index in [0.717, 1.165) is 24.3 Å². The minimum atomic E-state index is -0.480. The van der Waals surface area contributed by atoms with Gasteiger partial charge in [0.25, 0.3) is 5.91 Å². The van der Waals surface area contributed by atoms with E-state index in [4.69, 9.17) is 5.73 Å². The molecule has 3 rings (SSSR count). The number of carbonyl (C=O) groups excluding carboxylic acids is 3. The molecule has 0 aromatic carbocycles. The molecule has 2 aliphatic rings. The number of nitrogens with zero attached hydrogens (tertiary/aromatic N) is 3. The van der Waals surface area contributed by atoms with Crippen molar-refractivity contribution >= 4 is 29.1 Å². The van der Waals surface area contributed by atoms with Crippen molar-refractivity contribution in [2.75, 3.05) is 26.2 Å².